The number of rotatable bonds is 3. The summed E-state index contributed by atoms with van der Waals surface area (Å²) in [6.45, 7) is 8.60. The van der Waals surface area contributed by atoms with Crippen molar-refractivity contribution in [3.63, 3.8) is 0 Å². The average Bonchev–Trinajstić information content (AvgIpc) is 3.05. The van der Waals surface area contributed by atoms with E-state index in [9.17, 15) is 9.59 Å². The van der Waals surface area contributed by atoms with Crippen LogP contribution in [0.1, 0.15) is 43.2 Å². The van der Waals surface area contributed by atoms with Crippen molar-refractivity contribution in [2.45, 2.75) is 53.5 Å². The summed E-state index contributed by atoms with van der Waals surface area (Å²) >= 11 is 7.75. The highest BCUT2D eigenvalue weighted by molar-refractivity contribution is 7.18. The Labute approximate surface area is 185 Å². The number of thiophene rings is 1. The Bertz CT molecular complexity index is 1190. The largest absolute Gasteiger partial charge is 0.324 e. The zero-order chi connectivity index (χ0) is 21.6. The lowest BCUT2D eigenvalue weighted by Gasteiger charge is -2.33. The van der Waals surface area contributed by atoms with Gasteiger partial charge in [0.15, 0.2) is 0 Å². The van der Waals surface area contributed by atoms with E-state index in [4.69, 9.17) is 11.6 Å². The highest BCUT2D eigenvalue weighted by Crippen LogP contribution is 2.41. The molecule has 158 valence electrons. The van der Waals surface area contributed by atoms with Gasteiger partial charge in [-0.05, 0) is 60.8 Å². The molecule has 0 unspecified atom stereocenters. The van der Waals surface area contributed by atoms with Crippen LogP contribution in [0.3, 0.4) is 0 Å². The fraction of sp³-hybridized carbons (Fsp3) is 0.435. The van der Waals surface area contributed by atoms with Crippen molar-refractivity contribution in [1.82, 2.24) is 9.55 Å². The number of anilines is 1. The Balaban J connectivity index is 1.61. The van der Waals surface area contributed by atoms with Gasteiger partial charge in [0, 0.05) is 15.6 Å². The van der Waals surface area contributed by atoms with Crippen LogP contribution in [0, 0.1) is 18.3 Å². The number of carbonyl (C=O) groups excluding carboxylic acids is 1. The number of nitrogens with zero attached hydrogens (tertiary/aromatic N) is 2. The average molecular weight is 444 g/mol. The lowest BCUT2D eigenvalue weighted by atomic mass is 9.72. The molecule has 1 atom stereocenters. The highest BCUT2D eigenvalue weighted by atomic mass is 35.5. The minimum absolute atomic E-state index is 0.0804. The third-order valence-corrected chi connectivity index (χ3v) is 7.69. The highest BCUT2D eigenvalue weighted by Gasteiger charge is 2.31. The van der Waals surface area contributed by atoms with Crippen molar-refractivity contribution in [3.8, 4) is 0 Å². The number of hydrogen-bond donors (Lipinski definition) is 1. The first-order chi connectivity index (χ1) is 14.1. The molecule has 1 N–H and O–H groups in total. The summed E-state index contributed by atoms with van der Waals surface area (Å²) in [4.78, 5) is 32.3. The Morgan fingerprint density at radius 2 is 2.13 bits per heavy atom. The molecule has 3 aromatic rings. The fourth-order valence-electron chi connectivity index (χ4n) is 4.14. The van der Waals surface area contributed by atoms with Crippen molar-refractivity contribution in [1.29, 1.82) is 0 Å². The molecule has 0 aliphatic heterocycles. The quantitative estimate of drug-likeness (QED) is 0.604. The van der Waals surface area contributed by atoms with Gasteiger partial charge >= 0.3 is 0 Å². The molecule has 1 aliphatic rings. The second-order valence-corrected chi connectivity index (χ2v) is 10.6. The van der Waals surface area contributed by atoms with E-state index in [1.54, 1.807) is 29.5 Å². The van der Waals surface area contributed by atoms with Crippen LogP contribution in [0.2, 0.25) is 5.02 Å². The summed E-state index contributed by atoms with van der Waals surface area (Å²) in [6.07, 6.45) is 4.45. The summed E-state index contributed by atoms with van der Waals surface area (Å²) in [5, 5.41) is 4.13. The SMILES string of the molecule is Cc1c(Cl)cccc1NC(=O)Cn1cnc2sc3c(c2c1=O)CC[C@H](C(C)(C)C)C3. The van der Waals surface area contributed by atoms with Gasteiger partial charge in [-0.2, -0.15) is 0 Å². The first-order valence-corrected chi connectivity index (χ1v) is 11.4. The van der Waals surface area contributed by atoms with E-state index in [1.165, 1.54) is 15.8 Å². The van der Waals surface area contributed by atoms with E-state index in [0.717, 1.165) is 35.2 Å². The van der Waals surface area contributed by atoms with Gasteiger partial charge < -0.3 is 5.32 Å². The zero-order valence-electron chi connectivity index (χ0n) is 17.7. The second kappa shape index (κ2) is 7.82. The molecule has 0 radical (unpaired) electrons. The fourth-order valence-corrected chi connectivity index (χ4v) is 5.57. The molecule has 2 heterocycles. The maximum atomic E-state index is 13.2. The van der Waals surface area contributed by atoms with Gasteiger partial charge in [-0.15, -0.1) is 11.3 Å². The van der Waals surface area contributed by atoms with E-state index < -0.39 is 0 Å². The number of benzene rings is 1. The summed E-state index contributed by atoms with van der Waals surface area (Å²) in [5.74, 6) is 0.326. The first kappa shape index (κ1) is 21.1. The monoisotopic (exact) mass is 443 g/mol. The number of amides is 1. The van der Waals surface area contributed by atoms with Crippen LogP contribution in [-0.2, 0) is 24.2 Å². The Morgan fingerprint density at radius 1 is 1.37 bits per heavy atom. The summed E-state index contributed by atoms with van der Waals surface area (Å²) < 4.78 is 1.40. The topological polar surface area (TPSA) is 64.0 Å². The van der Waals surface area contributed by atoms with E-state index in [0.29, 0.717) is 22.0 Å². The Morgan fingerprint density at radius 3 is 2.87 bits per heavy atom. The predicted octanol–water partition coefficient (Wildman–Crippen LogP) is 5.21. The van der Waals surface area contributed by atoms with Crippen molar-refractivity contribution >= 4 is 44.7 Å². The van der Waals surface area contributed by atoms with Gasteiger partial charge in [0.05, 0.1) is 11.7 Å². The lowest BCUT2D eigenvalue weighted by Crippen LogP contribution is -2.29. The van der Waals surface area contributed by atoms with Crippen molar-refractivity contribution in [2.75, 3.05) is 5.32 Å². The van der Waals surface area contributed by atoms with Crippen LogP contribution in [-0.4, -0.2) is 15.5 Å². The zero-order valence-corrected chi connectivity index (χ0v) is 19.3. The molecule has 0 bridgehead atoms. The molecule has 2 aromatic heterocycles. The number of nitrogens with one attached hydrogen (secondary N) is 1. The molecule has 0 saturated heterocycles. The number of hydrogen-bond acceptors (Lipinski definition) is 4. The van der Waals surface area contributed by atoms with Gasteiger partial charge in [0.1, 0.15) is 11.4 Å². The van der Waals surface area contributed by atoms with Crippen molar-refractivity contribution < 1.29 is 4.79 Å². The molecule has 1 aromatic carbocycles. The maximum absolute atomic E-state index is 13.2. The standard InChI is InChI=1S/C23H26ClN3O2S/c1-13-16(24)6-5-7-17(13)26-19(28)11-27-12-25-21-20(22(27)29)15-9-8-14(23(2,3)4)10-18(15)30-21/h5-7,12,14H,8-11H2,1-4H3,(H,26,28)/t14-/m0/s1. The van der Waals surface area contributed by atoms with E-state index >= 15 is 0 Å². The third-order valence-electron chi connectivity index (χ3n) is 6.12. The van der Waals surface area contributed by atoms with Gasteiger partial charge in [0.25, 0.3) is 5.56 Å². The van der Waals surface area contributed by atoms with Crippen LogP contribution in [0.4, 0.5) is 5.69 Å². The third kappa shape index (κ3) is 3.91. The second-order valence-electron chi connectivity index (χ2n) is 9.13. The van der Waals surface area contributed by atoms with Gasteiger partial charge in [-0.3, -0.25) is 14.2 Å². The minimum Gasteiger partial charge on any atom is -0.324 e. The molecule has 1 amide bonds. The van der Waals surface area contributed by atoms with Crippen LogP contribution < -0.4 is 10.9 Å². The molecule has 30 heavy (non-hydrogen) atoms. The molecule has 5 nitrogen and oxygen atoms in total. The van der Waals surface area contributed by atoms with E-state index in [1.807, 2.05) is 6.92 Å². The molecular weight excluding hydrogens is 418 g/mol. The molecule has 0 saturated carbocycles. The van der Waals surface area contributed by atoms with Crippen molar-refractivity contribution in [2.24, 2.45) is 11.3 Å². The summed E-state index contributed by atoms with van der Waals surface area (Å²) in [5.41, 5.74) is 2.69. The number of carbonyl (C=O) groups is 1. The van der Waals surface area contributed by atoms with E-state index in [2.05, 4.69) is 31.1 Å². The predicted molar refractivity (Wildman–Crippen MR) is 124 cm³/mol. The summed E-state index contributed by atoms with van der Waals surface area (Å²) in [6, 6.07) is 5.36. The van der Waals surface area contributed by atoms with Gasteiger partial charge in [-0.25, -0.2) is 4.98 Å². The minimum atomic E-state index is -0.277. The molecule has 1 aliphatic carbocycles. The van der Waals surface area contributed by atoms with Crippen LogP contribution >= 0.6 is 22.9 Å². The van der Waals surface area contributed by atoms with Crippen LogP contribution in [0.25, 0.3) is 10.2 Å². The first-order valence-electron chi connectivity index (χ1n) is 10.2. The molecular formula is C23H26ClN3O2S. The van der Waals surface area contributed by atoms with Gasteiger partial charge in [-0.1, -0.05) is 38.4 Å². The van der Waals surface area contributed by atoms with Crippen molar-refractivity contribution in [3.05, 3.63) is 55.9 Å². The van der Waals surface area contributed by atoms with Crippen LogP contribution in [0.15, 0.2) is 29.3 Å². The van der Waals surface area contributed by atoms with Gasteiger partial charge in [0.2, 0.25) is 5.91 Å². The molecule has 4 rings (SSSR count). The van der Waals surface area contributed by atoms with Crippen LogP contribution in [0.5, 0.6) is 0 Å². The Kier molecular flexibility index (Phi) is 5.49. The normalized spacial score (nSPS) is 16.5. The summed E-state index contributed by atoms with van der Waals surface area (Å²) in [7, 11) is 0. The number of aromatic nitrogens is 2. The molecule has 0 fully saturated rings. The Hall–Kier alpha value is -2.18. The van der Waals surface area contributed by atoms with E-state index in [-0.39, 0.29) is 23.4 Å². The number of aryl methyl sites for hydroxylation is 1. The maximum Gasteiger partial charge on any atom is 0.262 e. The number of fused-ring (bicyclic) bond motifs is 3. The number of halogens is 1. The molecule has 7 heteroatoms. The molecule has 0 spiro atoms. The lowest BCUT2D eigenvalue weighted by molar-refractivity contribution is -0.116. The smallest absolute Gasteiger partial charge is 0.262 e.